The van der Waals surface area contributed by atoms with Gasteiger partial charge in [0.05, 0.1) is 31.3 Å². The molecule has 1 aromatic rings. The molecule has 1 heterocycles. The van der Waals surface area contributed by atoms with Gasteiger partial charge in [-0.25, -0.2) is 0 Å². The number of hydrogen-bond acceptors (Lipinski definition) is 4. The largest absolute Gasteiger partial charge is 0.472 e. The van der Waals surface area contributed by atoms with Crippen molar-refractivity contribution < 1.29 is 14.3 Å². The lowest BCUT2D eigenvalue weighted by atomic mass is 9.89. The van der Waals surface area contributed by atoms with Crippen molar-refractivity contribution in [3.05, 3.63) is 24.2 Å². The molecular weight excluding hydrogens is 242 g/mol. The standard InChI is InChI=1S/C15H25NO3/c1-12-3-2-4-15(7-12)19-11-14(17)9-16-8-13-5-6-18-10-13/h5-6,10,12,14-17H,2-4,7-9,11H2,1H3. The van der Waals surface area contributed by atoms with Crippen LogP contribution in [0.5, 0.6) is 0 Å². The average Bonchev–Trinajstić information content (AvgIpc) is 2.90. The molecule has 0 amide bonds. The lowest BCUT2D eigenvalue weighted by molar-refractivity contribution is -0.0306. The molecule has 19 heavy (non-hydrogen) atoms. The Bertz CT molecular complexity index is 339. The summed E-state index contributed by atoms with van der Waals surface area (Å²) in [6, 6.07) is 1.92. The maximum absolute atomic E-state index is 9.86. The van der Waals surface area contributed by atoms with E-state index in [9.17, 15) is 5.11 Å². The molecule has 4 nitrogen and oxygen atoms in total. The zero-order chi connectivity index (χ0) is 13.5. The highest BCUT2D eigenvalue weighted by Gasteiger charge is 2.20. The molecule has 0 bridgehead atoms. The summed E-state index contributed by atoms with van der Waals surface area (Å²) in [5.41, 5.74) is 1.09. The van der Waals surface area contributed by atoms with Gasteiger partial charge in [0.15, 0.2) is 0 Å². The zero-order valence-electron chi connectivity index (χ0n) is 11.7. The van der Waals surface area contributed by atoms with Crippen LogP contribution >= 0.6 is 0 Å². The van der Waals surface area contributed by atoms with E-state index >= 15 is 0 Å². The minimum absolute atomic E-state index is 0.340. The number of aliphatic hydroxyl groups is 1. The fourth-order valence-electron chi connectivity index (χ4n) is 2.61. The molecule has 2 N–H and O–H groups in total. The minimum Gasteiger partial charge on any atom is -0.472 e. The molecule has 4 heteroatoms. The Morgan fingerprint density at radius 3 is 3.16 bits per heavy atom. The van der Waals surface area contributed by atoms with Crippen molar-refractivity contribution >= 4 is 0 Å². The first-order valence-corrected chi connectivity index (χ1v) is 7.25. The predicted octanol–water partition coefficient (Wildman–Crippen LogP) is 2.33. The molecular formula is C15H25NO3. The number of hydrogen-bond donors (Lipinski definition) is 2. The first kappa shape index (κ1) is 14.6. The molecule has 3 atom stereocenters. The van der Waals surface area contributed by atoms with Gasteiger partial charge in [-0.2, -0.15) is 0 Å². The average molecular weight is 267 g/mol. The Hall–Kier alpha value is -0.840. The monoisotopic (exact) mass is 267 g/mol. The summed E-state index contributed by atoms with van der Waals surface area (Å²) < 4.78 is 10.8. The third kappa shape index (κ3) is 5.35. The van der Waals surface area contributed by atoms with Gasteiger partial charge in [0.2, 0.25) is 0 Å². The highest BCUT2D eigenvalue weighted by molar-refractivity contribution is 5.04. The first-order chi connectivity index (χ1) is 9.24. The normalized spacial score (nSPS) is 25.4. The van der Waals surface area contributed by atoms with Gasteiger partial charge in [-0.3, -0.25) is 0 Å². The van der Waals surface area contributed by atoms with Crippen molar-refractivity contribution in [2.24, 2.45) is 5.92 Å². The molecule has 0 aliphatic heterocycles. The van der Waals surface area contributed by atoms with E-state index in [1.54, 1.807) is 12.5 Å². The Balaban J connectivity index is 1.55. The predicted molar refractivity (Wildman–Crippen MR) is 73.8 cm³/mol. The lowest BCUT2D eigenvalue weighted by Crippen LogP contribution is -2.32. The van der Waals surface area contributed by atoms with E-state index in [4.69, 9.17) is 9.15 Å². The van der Waals surface area contributed by atoms with Gasteiger partial charge in [-0.05, 0) is 24.8 Å². The Morgan fingerprint density at radius 1 is 1.53 bits per heavy atom. The van der Waals surface area contributed by atoms with E-state index in [-0.39, 0.29) is 0 Å². The smallest absolute Gasteiger partial charge is 0.0947 e. The van der Waals surface area contributed by atoms with Crippen molar-refractivity contribution in [3.8, 4) is 0 Å². The van der Waals surface area contributed by atoms with Crippen molar-refractivity contribution in [2.45, 2.75) is 51.4 Å². The van der Waals surface area contributed by atoms with Gasteiger partial charge in [0.25, 0.3) is 0 Å². The molecule has 0 spiro atoms. The van der Waals surface area contributed by atoms with Crippen LogP contribution in [0.15, 0.2) is 23.0 Å². The highest BCUT2D eigenvalue weighted by atomic mass is 16.5. The molecule has 1 saturated carbocycles. The van der Waals surface area contributed by atoms with E-state index in [0.29, 0.717) is 25.8 Å². The van der Waals surface area contributed by atoms with Crippen molar-refractivity contribution in [2.75, 3.05) is 13.2 Å². The fraction of sp³-hybridized carbons (Fsp3) is 0.733. The van der Waals surface area contributed by atoms with Crippen molar-refractivity contribution in [1.82, 2.24) is 5.32 Å². The summed E-state index contributed by atoms with van der Waals surface area (Å²) in [4.78, 5) is 0. The van der Waals surface area contributed by atoms with Gasteiger partial charge in [0.1, 0.15) is 0 Å². The molecule has 1 aliphatic rings. The third-order valence-electron chi connectivity index (χ3n) is 3.70. The topological polar surface area (TPSA) is 54.6 Å². The van der Waals surface area contributed by atoms with Crippen LogP contribution in [-0.2, 0) is 11.3 Å². The zero-order valence-corrected chi connectivity index (χ0v) is 11.7. The summed E-state index contributed by atoms with van der Waals surface area (Å²) in [5.74, 6) is 0.759. The summed E-state index contributed by atoms with van der Waals surface area (Å²) in [5, 5.41) is 13.1. The summed E-state index contributed by atoms with van der Waals surface area (Å²) in [7, 11) is 0. The first-order valence-electron chi connectivity index (χ1n) is 7.25. The van der Waals surface area contributed by atoms with Crippen LogP contribution in [0.2, 0.25) is 0 Å². The number of aliphatic hydroxyl groups excluding tert-OH is 1. The second kappa shape index (κ2) is 7.68. The number of nitrogens with one attached hydrogen (secondary N) is 1. The van der Waals surface area contributed by atoms with Crippen LogP contribution in [0, 0.1) is 5.92 Å². The van der Waals surface area contributed by atoms with Crippen LogP contribution in [0.4, 0.5) is 0 Å². The lowest BCUT2D eigenvalue weighted by Gasteiger charge is -2.27. The highest BCUT2D eigenvalue weighted by Crippen LogP contribution is 2.25. The number of furan rings is 1. The second-order valence-corrected chi connectivity index (χ2v) is 5.64. The molecule has 1 aliphatic carbocycles. The number of rotatable bonds is 7. The van der Waals surface area contributed by atoms with Crippen molar-refractivity contribution in [3.63, 3.8) is 0 Å². The quantitative estimate of drug-likeness (QED) is 0.796. The van der Waals surface area contributed by atoms with E-state index in [1.807, 2.05) is 6.07 Å². The molecule has 1 fully saturated rings. The maximum Gasteiger partial charge on any atom is 0.0947 e. The molecule has 108 valence electrons. The van der Waals surface area contributed by atoms with Gasteiger partial charge in [-0.15, -0.1) is 0 Å². The second-order valence-electron chi connectivity index (χ2n) is 5.64. The summed E-state index contributed by atoms with van der Waals surface area (Å²) in [6.45, 7) is 3.97. The van der Waals surface area contributed by atoms with Crippen LogP contribution in [0.1, 0.15) is 38.2 Å². The summed E-state index contributed by atoms with van der Waals surface area (Å²) >= 11 is 0. The maximum atomic E-state index is 9.86. The molecule has 1 aromatic heterocycles. The van der Waals surface area contributed by atoms with Gasteiger partial charge < -0.3 is 19.6 Å². The Morgan fingerprint density at radius 2 is 2.42 bits per heavy atom. The molecule has 0 radical (unpaired) electrons. The van der Waals surface area contributed by atoms with E-state index in [2.05, 4.69) is 12.2 Å². The van der Waals surface area contributed by atoms with Crippen LogP contribution in [-0.4, -0.2) is 30.5 Å². The minimum atomic E-state index is -0.441. The molecule has 0 saturated heterocycles. The van der Waals surface area contributed by atoms with E-state index in [0.717, 1.165) is 24.3 Å². The van der Waals surface area contributed by atoms with Crippen molar-refractivity contribution in [1.29, 1.82) is 0 Å². The van der Waals surface area contributed by atoms with Gasteiger partial charge in [0, 0.05) is 18.7 Å². The van der Waals surface area contributed by atoms with Crippen LogP contribution in [0.25, 0.3) is 0 Å². The summed E-state index contributed by atoms with van der Waals surface area (Å²) in [6.07, 6.45) is 8.10. The van der Waals surface area contributed by atoms with Crippen LogP contribution < -0.4 is 5.32 Å². The van der Waals surface area contributed by atoms with Crippen LogP contribution in [0.3, 0.4) is 0 Å². The SMILES string of the molecule is CC1CCCC(OCC(O)CNCc2ccoc2)C1. The molecule has 2 rings (SSSR count). The van der Waals surface area contributed by atoms with E-state index in [1.165, 1.54) is 12.8 Å². The molecule has 0 aromatic carbocycles. The van der Waals surface area contributed by atoms with Gasteiger partial charge in [-0.1, -0.05) is 19.8 Å². The number of ether oxygens (including phenoxy) is 1. The Labute approximate surface area is 115 Å². The third-order valence-corrected chi connectivity index (χ3v) is 3.70. The Kier molecular flexibility index (Phi) is 5.89. The van der Waals surface area contributed by atoms with E-state index < -0.39 is 6.10 Å². The molecule has 3 unspecified atom stereocenters. The van der Waals surface area contributed by atoms with Gasteiger partial charge >= 0.3 is 0 Å². The fourth-order valence-corrected chi connectivity index (χ4v) is 2.61.